The van der Waals surface area contributed by atoms with Gasteiger partial charge < -0.3 is 14.7 Å². The van der Waals surface area contributed by atoms with Crippen molar-refractivity contribution >= 4 is 11.9 Å². The van der Waals surface area contributed by atoms with Crippen molar-refractivity contribution in [2.75, 3.05) is 13.1 Å². The lowest BCUT2D eigenvalue weighted by Crippen LogP contribution is -2.38. The first-order valence-electron chi connectivity index (χ1n) is 8.75. The SMILES string of the molecule is O=C(O)CC1CCN(C(=O)c2ccc(OC3CCCC3)nc2)CC1. The van der Waals surface area contributed by atoms with Crippen LogP contribution in [0.4, 0.5) is 0 Å². The van der Waals surface area contributed by atoms with Gasteiger partial charge in [0.05, 0.1) is 5.56 Å². The van der Waals surface area contributed by atoms with Gasteiger partial charge in [-0.2, -0.15) is 0 Å². The molecule has 2 heterocycles. The van der Waals surface area contributed by atoms with Crippen molar-refractivity contribution in [3.8, 4) is 5.88 Å². The van der Waals surface area contributed by atoms with Crippen LogP contribution in [0.3, 0.4) is 0 Å². The summed E-state index contributed by atoms with van der Waals surface area (Å²) in [5, 5.41) is 8.85. The minimum atomic E-state index is -0.762. The molecular formula is C18H24N2O4. The third-order valence-corrected chi connectivity index (χ3v) is 4.94. The smallest absolute Gasteiger partial charge is 0.303 e. The molecule has 0 radical (unpaired) electrons. The van der Waals surface area contributed by atoms with Crippen LogP contribution < -0.4 is 4.74 Å². The highest BCUT2D eigenvalue weighted by atomic mass is 16.5. The Morgan fingerprint density at radius 1 is 1.17 bits per heavy atom. The van der Waals surface area contributed by atoms with E-state index >= 15 is 0 Å². The number of hydrogen-bond acceptors (Lipinski definition) is 4. The molecule has 1 aliphatic carbocycles. The van der Waals surface area contributed by atoms with Gasteiger partial charge in [-0.3, -0.25) is 9.59 Å². The molecule has 0 spiro atoms. The maximum atomic E-state index is 12.5. The Balaban J connectivity index is 1.52. The minimum Gasteiger partial charge on any atom is -0.481 e. The Morgan fingerprint density at radius 3 is 2.46 bits per heavy atom. The fourth-order valence-electron chi connectivity index (χ4n) is 3.52. The molecule has 1 aromatic heterocycles. The molecule has 2 fully saturated rings. The van der Waals surface area contributed by atoms with E-state index in [2.05, 4.69) is 4.98 Å². The van der Waals surface area contributed by atoms with Crippen LogP contribution in [0.25, 0.3) is 0 Å². The zero-order chi connectivity index (χ0) is 16.9. The standard InChI is InChI=1S/C18H24N2O4/c21-17(22)11-13-7-9-20(10-8-13)18(23)14-5-6-16(19-12-14)24-15-3-1-2-4-15/h5-6,12-13,15H,1-4,7-11H2,(H,21,22). The molecule has 24 heavy (non-hydrogen) atoms. The van der Waals surface area contributed by atoms with Gasteiger partial charge in [-0.05, 0) is 50.5 Å². The van der Waals surface area contributed by atoms with E-state index < -0.39 is 5.97 Å². The van der Waals surface area contributed by atoms with Crippen LogP contribution in [0.2, 0.25) is 0 Å². The van der Waals surface area contributed by atoms with Gasteiger partial charge in [-0.25, -0.2) is 4.98 Å². The number of carbonyl (C=O) groups is 2. The summed E-state index contributed by atoms with van der Waals surface area (Å²) in [6.07, 6.45) is 8.09. The fraction of sp³-hybridized carbons (Fsp3) is 0.611. The van der Waals surface area contributed by atoms with E-state index in [1.165, 1.54) is 12.8 Å². The van der Waals surface area contributed by atoms with Gasteiger partial charge in [0.15, 0.2) is 0 Å². The second-order valence-electron chi connectivity index (χ2n) is 6.74. The van der Waals surface area contributed by atoms with Gasteiger partial charge in [0.1, 0.15) is 6.10 Å². The summed E-state index contributed by atoms with van der Waals surface area (Å²) in [5.41, 5.74) is 0.561. The van der Waals surface area contributed by atoms with Crippen LogP contribution in [0.1, 0.15) is 55.3 Å². The zero-order valence-electron chi connectivity index (χ0n) is 13.8. The third-order valence-electron chi connectivity index (χ3n) is 4.94. The lowest BCUT2D eigenvalue weighted by Gasteiger charge is -2.31. The first-order chi connectivity index (χ1) is 11.6. The van der Waals surface area contributed by atoms with Crippen molar-refractivity contribution in [2.24, 2.45) is 5.92 Å². The number of carboxylic acid groups (broad SMARTS) is 1. The molecule has 3 rings (SSSR count). The van der Waals surface area contributed by atoms with E-state index in [4.69, 9.17) is 9.84 Å². The maximum Gasteiger partial charge on any atom is 0.303 e. The highest BCUT2D eigenvalue weighted by molar-refractivity contribution is 5.94. The Bertz CT molecular complexity index is 573. The Hall–Kier alpha value is -2.11. The van der Waals surface area contributed by atoms with Crippen molar-refractivity contribution in [3.05, 3.63) is 23.9 Å². The number of ether oxygens (including phenoxy) is 1. The Kier molecular flexibility index (Phi) is 5.33. The molecule has 0 unspecified atom stereocenters. The molecule has 6 heteroatoms. The average molecular weight is 332 g/mol. The van der Waals surface area contributed by atoms with Crippen molar-refractivity contribution in [1.82, 2.24) is 9.88 Å². The van der Waals surface area contributed by atoms with Crippen molar-refractivity contribution in [2.45, 2.75) is 51.0 Å². The van der Waals surface area contributed by atoms with E-state index in [0.29, 0.717) is 24.5 Å². The van der Waals surface area contributed by atoms with E-state index in [9.17, 15) is 9.59 Å². The first kappa shape index (κ1) is 16.7. The molecule has 130 valence electrons. The fourth-order valence-corrected chi connectivity index (χ4v) is 3.52. The summed E-state index contributed by atoms with van der Waals surface area (Å²) in [4.78, 5) is 29.3. The highest BCUT2D eigenvalue weighted by Gasteiger charge is 2.25. The van der Waals surface area contributed by atoms with Crippen molar-refractivity contribution in [3.63, 3.8) is 0 Å². The van der Waals surface area contributed by atoms with Crippen LogP contribution in [0.15, 0.2) is 18.3 Å². The molecule has 1 aromatic rings. The van der Waals surface area contributed by atoms with Gasteiger partial charge in [0.2, 0.25) is 5.88 Å². The lowest BCUT2D eigenvalue weighted by atomic mass is 9.93. The van der Waals surface area contributed by atoms with Crippen molar-refractivity contribution < 1.29 is 19.4 Å². The molecule has 1 N–H and O–H groups in total. The summed E-state index contributed by atoms with van der Waals surface area (Å²) in [6, 6.07) is 3.53. The maximum absolute atomic E-state index is 12.5. The van der Waals surface area contributed by atoms with Gasteiger partial charge in [-0.15, -0.1) is 0 Å². The lowest BCUT2D eigenvalue weighted by molar-refractivity contribution is -0.138. The molecule has 1 saturated carbocycles. The predicted molar refractivity (Wildman–Crippen MR) is 88.0 cm³/mol. The number of piperidine rings is 1. The summed E-state index contributed by atoms with van der Waals surface area (Å²) in [5.74, 6) is -0.0454. The molecule has 2 aliphatic rings. The number of amides is 1. The molecule has 0 bridgehead atoms. The minimum absolute atomic E-state index is 0.0382. The van der Waals surface area contributed by atoms with Crippen LogP contribution in [-0.2, 0) is 4.79 Å². The van der Waals surface area contributed by atoms with Gasteiger partial charge in [-0.1, -0.05) is 0 Å². The second-order valence-corrected chi connectivity index (χ2v) is 6.74. The van der Waals surface area contributed by atoms with Crippen LogP contribution in [-0.4, -0.2) is 46.1 Å². The van der Waals surface area contributed by atoms with Gasteiger partial charge in [0, 0.05) is 31.8 Å². The molecule has 1 saturated heterocycles. The van der Waals surface area contributed by atoms with E-state index in [1.54, 1.807) is 23.2 Å². The average Bonchev–Trinajstić information content (AvgIpc) is 3.08. The largest absolute Gasteiger partial charge is 0.481 e. The second kappa shape index (κ2) is 7.64. The first-order valence-corrected chi connectivity index (χ1v) is 8.75. The Morgan fingerprint density at radius 2 is 1.88 bits per heavy atom. The quantitative estimate of drug-likeness (QED) is 0.897. The number of pyridine rings is 1. The highest BCUT2D eigenvalue weighted by Crippen LogP contribution is 2.24. The van der Waals surface area contributed by atoms with Crippen LogP contribution in [0.5, 0.6) is 5.88 Å². The van der Waals surface area contributed by atoms with E-state index in [0.717, 1.165) is 25.7 Å². The molecule has 0 atom stereocenters. The summed E-state index contributed by atoms with van der Waals surface area (Å²) >= 11 is 0. The number of aliphatic carboxylic acids is 1. The summed E-state index contributed by atoms with van der Waals surface area (Å²) in [7, 11) is 0. The van der Waals surface area contributed by atoms with Crippen molar-refractivity contribution in [1.29, 1.82) is 0 Å². The number of carbonyl (C=O) groups excluding carboxylic acids is 1. The molecule has 1 aliphatic heterocycles. The summed E-state index contributed by atoms with van der Waals surface area (Å²) in [6.45, 7) is 1.22. The monoisotopic (exact) mass is 332 g/mol. The molecule has 6 nitrogen and oxygen atoms in total. The normalized spacial score (nSPS) is 19.4. The number of hydrogen-bond donors (Lipinski definition) is 1. The Labute approximate surface area is 141 Å². The van der Waals surface area contributed by atoms with Crippen LogP contribution in [0, 0.1) is 5.92 Å². The number of aromatic nitrogens is 1. The van der Waals surface area contributed by atoms with Crippen LogP contribution >= 0.6 is 0 Å². The zero-order valence-corrected chi connectivity index (χ0v) is 13.8. The van der Waals surface area contributed by atoms with E-state index in [-0.39, 0.29) is 24.3 Å². The molecule has 1 amide bonds. The number of carboxylic acids is 1. The number of nitrogens with zero attached hydrogens (tertiary/aromatic N) is 2. The third kappa shape index (κ3) is 4.24. The molecular weight excluding hydrogens is 308 g/mol. The predicted octanol–water partition coefficient (Wildman–Crippen LogP) is 2.73. The van der Waals surface area contributed by atoms with Gasteiger partial charge >= 0.3 is 5.97 Å². The number of likely N-dealkylation sites (tertiary alicyclic amines) is 1. The summed E-state index contributed by atoms with van der Waals surface area (Å²) < 4.78 is 5.81. The van der Waals surface area contributed by atoms with E-state index in [1.807, 2.05) is 0 Å². The topological polar surface area (TPSA) is 79.7 Å². The molecule has 0 aromatic carbocycles. The van der Waals surface area contributed by atoms with Gasteiger partial charge in [0.25, 0.3) is 5.91 Å². The number of rotatable bonds is 5.